The van der Waals surface area contributed by atoms with E-state index in [9.17, 15) is 4.79 Å². The number of carbonyl (C=O) groups is 1. The van der Waals surface area contributed by atoms with Crippen molar-refractivity contribution in [1.82, 2.24) is 10.2 Å². The van der Waals surface area contributed by atoms with E-state index in [1.165, 1.54) is 5.56 Å². The minimum absolute atomic E-state index is 0.206. The summed E-state index contributed by atoms with van der Waals surface area (Å²) in [5, 5.41) is 5.46. The van der Waals surface area contributed by atoms with Gasteiger partial charge >= 0.3 is 0 Å². The van der Waals surface area contributed by atoms with Crippen molar-refractivity contribution < 1.29 is 4.79 Å². The summed E-state index contributed by atoms with van der Waals surface area (Å²) in [7, 11) is 0. The first-order valence-corrected chi connectivity index (χ1v) is 7.11. The Morgan fingerprint density at radius 3 is 2.71 bits per heavy atom. The minimum Gasteiger partial charge on any atom is -0.335 e. The predicted molar refractivity (Wildman–Crippen MR) is 71.7 cm³/mol. The first kappa shape index (κ1) is 12.6. The number of thiophene rings is 1. The number of nitrogens with one attached hydrogen (secondary N) is 1. The number of hydrogen-bond donors (Lipinski definition) is 1. The van der Waals surface area contributed by atoms with Crippen LogP contribution in [-0.4, -0.2) is 36.0 Å². The van der Waals surface area contributed by atoms with Gasteiger partial charge in [-0.05, 0) is 37.3 Å². The Balaban J connectivity index is 2.14. The molecule has 94 valence electrons. The van der Waals surface area contributed by atoms with E-state index in [0.29, 0.717) is 12.1 Å². The van der Waals surface area contributed by atoms with Gasteiger partial charge in [-0.25, -0.2) is 0 Å². The van der Waals surface area contributed by atoms with E-state index in [4.69, 9.17) is 0 Å². The molecule has 2 heterocycles. The average Bonchev–Trinajstić information content (AvgIpc) is 2.74. The van der Waals surface area contributed by atoms with Crippen LogP contribution in [0, 0.1) is 0 Å². The lowest BCUT2D eigenvalue weighted by Crippen LogP contribution is -2.55. The van der Waals surface area contributed by atoms with Gasteiger partial charge in [0.1, 0.15) is 0 Å². The van der Waals surface area contributed by atoms with Crippen LogP contribution in [0.3, 0.4) is 0 Å². The summed E-state index contributed by atoms with van der Waals surface area (Å²) in [5.74, 6) is 0.206. The highest BCUT2D eigenvalue weighted by atomic mass is 32.1. The Morgan fingerprint density at radius 1 is 1.47 bits per heavy atom. The Hall–Kier alpha value is -0.870. The summed E-state index contributed by atoms with van der Waals surface area (Å²) in [6, 6.07) is 2.83. The van der Waals surface area contributed by atoms with Gasteiger partial charge in [-0.3, -0.25) is 4.79 Å². The van der Waals surface area contributed by atoms with E-state index in [0.717, 1.165) is 24.4 Å². The molecule has 0 spiro atoms. The van der Waals surface area contributed by atoms with E-state index < -0.39 is 0 Å². The maximum Gasteiger partial charge on any atom is 0.264 e. The predicted octanol–water partition coefficient (Wildman–Crippen LogP) is 2.13. The van der Waals surface area contributed by atoms with Crippen LogP contribution in [0.15, 0.2) is 11.4 Å². The molecule has 2 unspecified atom stereocenters. The van der Waals surface area contributed by atoms with Crippen LogP contribution >= 0.6 is 11.3 Å². The fourth-order valence-electron chi connectivity index (χ4n) is 2.44. The number of nitrogens with zero attached hydrogens (tertiary/aromatic N) is 1. The molecular weight excluding hydrogens is 232 g/mol. The molecule has 2 rings (SSSR count). The van der Waals surface area contributed by atoms with Crippen LogP contribution in [0.1, 0.15) is 36.0 Å². The molecule has 3 nitrogen and oxygen atoms in total. The zero-order chi connectivity index (χ0) is 12.4. The van der Waals surface area contributed by atoms with Crippen molar-refractivity contribution in [1.29, 1.82) is 0 Å². The summed E-state index contributed by atoms with van der Waals surface area (Å²) in [6.45, 7) is 7.98. The Kier molecular flexibility index (Phi) is 3.84. The molecule has 1 saturated heterocycles. The number of amides is 1. The zero-order valence-electron chi connectivity index (χ0n) is 10.7. The van der Waals surface area contributed by atoms with E-state index in [-0.39, 0.29) is 5.91 Å². The van der Waals surface area contributed by atoms with Gasteiger partial charge in [0.05, 0.1) is 4.88 Å². The number of carbonyl (C=O) groups excluding carboxylic acids is 1. The van der Waals surface area contributed by atoms with Crippen molar-refractivity contribution in [2.75, 3.05) is 13.1 Å². The molecule has 1 amide bonds. The summed E-state index contributed by atoms with van der Waals surface area (Å²) in [4.78, 5) is 15.3. The molecule has 0 aliphatic carbocycles. The Labute approximate surface area is 107 Å². The van der Waals surface area contributed by atoms with E-state index in [1.807, 2.05) is 10.3 Å². The third-order valence-electron chi connectivity index (χ3n) is 3.17. The lowest BCUT2D eigenvalue weighted by molar-refractivity contribution is 0.0678. The zero-order valence-corrected chi connectivity index (χ0v) is 11.5. The third-order valence-corrected chi connectivity index (χ3v) is 4.11. The monoisotopic (exact) mass is 252 g/mol. The molecule has 1 aromatic rings. The normalized spacial score (nSPS) is 25.0. The van der Waals surface area contributed by atoms with Gasteiger partial charge in [-0.1, -0.05) is 6.92 Å². The molecule has 1 aromatic heterocycles. The second kappa shape index (κ2) is 5.19. The number of piperazine rings is 1. The highest BCUT2D eigenvalue weighted by molar-refractivity contribution is 7.12. The molecular formula is C13H20N2OS. The maximum atomic E-state index is 12.4. The number of aryl methyl sites for hydroxylation is 1. The lowest BCUT2D eigenvalue weighted by atomic mass is 10.1. The molecule has 0 bridgehead atoms. The molecule has 0 radical (unpaired) electrons. The fourth-order valence-corrected chi connectivity index (χ4v) is 3.40. The summed E-state index contributed by atoms with van der Waals surface area (Å²) in [5.41, 5.74) is 1.18. The van der Waals surface area contributed by atoms with Crippen LogP contribution in [0.5, 0.6) is 0 Å². The van der Waals surface area contributed by atoms with Gasteiger partial charge in [0.2, 0.25) is 0 Å². The molecule has 0 saturated carbocycles. The summed E-state index contributed by atoms with van der Waals surface area (Å²) < 4.78 is 0. The second-order valence-electron chi connectivity index (χ2n) is 4.81. The highest BCUT2D eigenvalue weighted by Crippen LogP contribution is 2.20. The summed E-state index contributed by atoms with van der Waals surface area (Å²) >= 11 is 1.57. The minimum atomic E-state index is 0.206. The van der Waals surface area contributed by atoms with Gasteiger partial charge in [0.15, 0.2) is 0 Å². The molecule has 0 aromatic carbocycles. The van der Waals surface area contributed by atoms with Gasteiger partial charge in [0, 0.05) is 25.2 Å². The third kappa shape index (κ3) is 2.69. The van der Waals surface area contributed by atoms with Crippen LogP contribution in [0.25, 0.3) is 0 Å². The van der Waals surface area contributed by atoms with Crippen LogP contribution in [0.2, 0.25) is 0 Å². The molecule has 1 aliphatic rings. The molecule has 1 N–H and O–H groups in total. The first-order chi connectivity index (χ1) is 8.11. The smallest absolute Gasteiger partial charge is 0.264 e. The molecule has 1 fully saturated rings. The topological polar surface area (TPSA) is 32.3 Å². The molecule has 4 heteroatoms. The van der Waals surface area contributed by atoms with E-state index in [2.05, 4.69) is 32.2 Å². The number of hydrogen-bond acceptors (Lipinski definition) is 3. The lowest BCUT2D eigenvalue weighted by Gasteiger charge is -2.36. The van der Waals surface area contributed by atoms with E-state index in [1.54, 1.807) is 11.3 Å². The van der Waals surface area contributed by atoms with Crippen molar-refractivity contribution in [3.8, 4) is 0 Å². The van der Waals surface area contributed by atoms with Crippen molar-refractivity contribution in [3.05, 3.63) is 21.9 Å². The van der Waals surface area contributed by atoms with Crippen LogP contribution in [-0.2, 0) is 6.42 Å². The Morgan fingerprint density at radius 2 is 2.12 bits per heavy atom. The Bertz CT molecular complexity index is 392. The first-order valence-electron chi connectivity index (χ1n) is 6.23. The van der Waals surface area contributed by atoms with Gasteiger partial charge < -0.3 is 10.2 Å². The van der Waals surface area contributed by atoms with E-state index >= 15 is 0 Å². The van der Waals surface area contributed by atoms with Crippen LogP contribution in [0.4, 0.5) is 0 Å². The van der Waals surface area contributed by atoms with Crippen molar-refractivity contribution in [2.24, 2.45) is 0 Å². The standard InChI is InChI=1S/C13H20N2OS/c1-4-11-5-6-17-12(11)13(16)15-7-9(2)14-10(3)8-15/h5-6,9-10,14H,4,7-8H2,1-3H3. The fraction of sp³-hybridized carbons (Fsp3) is 0.615. The number of rotatable bonds is 2. The molecule has 17 heavy (non-hydrogen) atoms. The SMILES string of the molecule is CCc1ccsc1C(=O)N1CC(C)NC(C)C1. The summed E-state index contributed by atoms with van der Waals surface area (Å²) in [6.07, 6.45) is 0.932. The van der Waals surface area contributed by atoms with Crippen molar-refractivity contribution in [3.63, 3.8) is 0 Å². The van der Waals surface area contributed by atoms with Crippen molar-refractivity contribution in [2.45, 2.75) is 39.3 Å². The van der Waals surface area contributed by atoms with Gasteiger partial charge in [-0.15, -0.1) is 11.3 Å². The molecule has 1 aliphatic heterocycles. The average molecular weight is 252 g/mol. The van der Waals surface area contributed by atoms with Crippen molar-refractivity contribution >= 4 is 17.2 Å². The highest BCUT2D eigenvalue weighted by Gasteiger charge is 2.27. The van der Waals surface area contributed by atoms with Gasteiger partial charge in [0.25, 0.3) is 5.91 Å². The van der Waals surface area contributed by atoms with Crippen LogP contribution < -0.4 is 5.32 Å². The van der Waals surface area contributed by atoms with Gasteiger partial charge in [-0.2, -0.15) is 0 Å². The quantitative estimate of drug-likeness (QED) is 0.874. The molecule has 2 atom stereocenters. The largest absolute Gasteiger partial charge is 0.335 e. The maximum absolute atomic E-state index is 12.4. The second-order valence-corrected chi connectivity index (χ2v) is 5.72.